The Morgan fingerprint density at radius 1 is 1.24 bits per heavy atom. The molecule has 2 rings (SSSR count). The molecule has 2 amide bonds. The van der Waals surface area contributed by atoms with Gasteiger partial charge in [-0.25, -0.2) is 4.39 Å². The fraction of sp³-hybridized carbons (Fsp3) is 0.182. The number of halogens is 1. The second-order valence-corrected chi connectivity index (χ2v) is 3.64. The smallest absolute Gasteiger partial charge is 0.246 e. The molecule has 1 aromatic carbocycles. The average Bonchev–Trinajstić information content (AvgIpc) is 2.26. The molecule has 0 unspecified atom stereocenters. The lowest BCUT2D eigenvalue weighted by Crippen LogP contribution is -2.51. The van der Waals surface area contributed by atoms with E-state index in [1.807, 2.05) is 6.07 Å². The summed E-state index contributed by atoms with van der Waals surface area (Å²) in [5.74, 6) is -1.45. The van der Waals surface area contributed by atoms with Crippen molar-refractivity contribution < 1.29 is 14.0 Å². The molecule has 0 spiro atoms. The Hall–Kier alpha value is -2.42. The molecule has 17 heavy (non-hydrogen) atoms. The fourth-order valence-corrected chi connectivity index (χ4v) is 1.64. The largest absolute Gasteiger partial charge is 0.353 e. The number of benzene rings is 1. The van der Waals surface area contributed by atoms with E-state index in [4.69, 9.17) is 5.26 Å². The van der Waals surface area contributed by atoms with Gasteiger partial charge < -0.3 is 4.90 Å². The van der Waals surface area contributed by atoms with Gasteiger partial charge in [0.25, 0.3) is 0 Å². The number of piperazine rings is 1. The van der Waals surface area contributed by atoms with E-state index in [9.17, 15) is 14.0 Å². The molecule has 1 saturated heterocycles. The third kappa shape index (κ3) is 2.39. The van der Waals surface area contributed by atoms with Crippen molar-refractivity contribution in [1.29, 1.82) is 5.26 Å². The highest BCUT2D eigenvalue weighted by atomic mass is 19.1. The van der Waals surface area contributed by atoms with Crippen LogP contribution in [0, 0.1) is 17.1 Å². The number of anilines is 1. The Bertz CT molecular complexity index is 520. The van der Waals surface area contributed by atoms with Crippen LogP contribution in [0.2, 0.25) is 0 Å². The molecule has 86 valence electrons. The lowest BCUT2D eigenvalue weighted by molar-refractivity contribution is -0.130. The summed E-state index contributed by atoms with van der Waals surface area (Å²) in [6.45, 7) is -0.0554. The topological polar surface area (TPSA) is 73.2 Å². The van der Waals surface area contributed by atoms with Gasteiger partial charge in [-0.15, -0.1) is 0 Å². The van der Waals surface area contributed by atoms with Gasteiger partial charge in [-0.05, 0) is 18.2 Å². The molecule has 1 heterocycles. The number of amides is 2. The van der Waals surface area contributed by atoms with Gasteiger partial charge in [0.1, 0.15) is 5.82 Å². The molecular formula is C11H8FN3O2. The van der Waals surface area contributed by atoms with E-state index in [0.717, 1.165) is 6.07 Å². The molecule has 1 fully saturated rings. The van der Waals surface area contributed by atoms with Crippen molar-refractivity contribution in [3.8, 4) is 6.07 Å². The SMILES string of the molecule is N#Cc1cc(F)cc(N2CC(=O)NC(=O)C2)c1. The summed E-state index contributed by atoms with van der Waals surface area (Å²) in [4.78, 5) is 23.8. The van der Waals surface area contributed by atoms with Crippen molar-refractivity contribution in [2.45, 2.75) is 0 Å². The summed E-state index contributed by atoms with van der Waals surface area (Å²) >= 11 is 0. The number of nitriles is 1. The zero-order valence-electron chi connectivity index (χ0n) is 8.74. The maximum atomic E-state index is 13.2. The number of carbonyl (C=O) groups excluding carboxylic acids is 2. The number of nitrogens with zero attached hydrogens (tertiary/aromatic N) is 2. The van der Waals surface area contributed by atoms with E-state index in [1.54, 1.807) is 0 Å². The number of imide groups is 1. The highest BCUT2D eigenvalue weighted by Gasteiger charge is 2.23. The van der Waals surface area contributed by atoms with Gasteiger partial charge in [-0.3, -0.25) is 14.9 Å². The number of hydrogen-bond acceptors (Lipinski definition) is 4. The Labute approximate surface area is 96.4 Å². The van der Waals surface area contributed by atoms with Gasteiger partial charge in [0.05, 0.1) is 24.7 Å². The third-order valence-electron chi connectivity index (χ3n) is 2.32. The van der Waals surface area contributed by atoms with Crippen LogP contribution in [0.1, 0.15) is 5.56 Å². The minimum Gasteiger partial charge on any atom is -0.353 e. The van der Waals surface area contributed by atoms with Crippen LogP contribution in [0.25, 0.3) is 0 Å². The van der Waals surface area contributed by atoms with Crippen LogP contribution in [0.3, 0.4) is 0 Å². The van der Waals surface area contributed by atoms with Crippen molar-refractivity contribution in [2.24, 2.45) is 0 Å². The monoisotopic (exact) mass is 233 g/mol. The maximum absolute atomic E-state index is 13.2. The first-order valence-electron chi connectivity index (χ1n) is 4.87. The lowest BCUT2D eigenvalue weighted by Gasteiger charge is -2.27. The number of carbonyl (C=O) groups is 2. The molecule has 0 bridgehead atoms. The predicted octanol–water partition coefficient (Wildman–Crippen LogP) is 0.160. The molecule has 1 aliphatic rings. The molecule has 5 nitrogen and oxygen atoms in total. The number of hydrogen-bond donors (Lipinski definition) is 1. The molecule has 1 N–H and O–H groups in total. The van der Waals surface area contributed by atoms with Gasteiger partial charge in [0.15, 0.2) is 0 Å². The summed E-state index contributed by atoms with van der Waals surface area (Å²) in [7, 11) is 0. The summed E-state index contributed by atoms with van der Waals surface area (Å²) in [6.07, 6.45) is 0. The van der Waals surface area contributed by atoms with Crippen molar-refractivity contribution in [2.75, 3.05) is 18.0 Å². The molecule has 0 atom stereocenters. The van der Waals surface area contributed by atoms with Crippen LogP contribution in [0.5, 0.6) is 0 Å². The summed E-state index contributed by atoms with van der Waals surface area (Å²) in [5.41, 5.74) is 0.503. The lowest BCUT2D eigenvalue weighted by atomic mass is 10.2. The summed E-state index contributed by atoms with van der Waals surface area (Å²) in [6, 6.07) is 5.54. The van der Waals surface area contributed by atoms with Crippen LogP contribution in [-0.2, 0) is 9.59 Å². The number of rotatable bonds is 1. The quantitative estimate of drug-likeness (QED) is 0.701. The van der Waals surface area contributed by atoms with Gasteiger partial charge >= 0.3 is 0 Å². The Morgan fingerprint density at radius 3 is 2.47 bits per heavy atom. The van der Waals surface area contributed by atoms with E-state index in [0.29, 0.717) is 5.69 Å². The summed E-state index contributed by atoms with van der Waals surface area (Å²) < 4.78 is 13.2. The second kappa shape index (κ2) is 4.22. The summed E-state index contributed by atoms with van der Waals surface area (Å²) in [5, 5.41) is 10.9. The minimum atomic E-state index is -0.572. The fourth-order valence-electron chi connectivity index (χ4n) is 1.64. The predicted molar refractivity (Wildman–Crippen MR) is 56.5 cm³/mol. The van der Waals surface area contributed by atoms with Crippen LogP contribution in [0.15, 0.2) is 18.2 Å². The van der Waals surface area contributed by atoms with E-state index >= 15 is 0 Å². The van der Waals surface area contributed by atoms with Crippen LogP contribution >= 0.6 is 0 Å². The Balaban J connectivity index is 2.33. The minimum absolute atomic E-state index is 0.0277. The molecule has 0 aliphatic carbocycles. The normalized spacial score (nSPS) is 15.4. The molecule has 1 aliphatic heterocycles. The zero-order valence-corrected chi connectivity index (χ0v) is 8.74. The molecule has 0 radical (unpaired) electrons. The van der Waals surface area contributed by atoms with Crippen molar-refractivity contribution in [3.05, 3.63) is 29.6 Å². The zero-order chi connectivity index (χ0) is 12.4. The van der Waals surface area contributed by atoms with Crippen molar-refractivity contribution in [3.63, 3.8) is 0 Å². The molecule has 0 aromatic heterocycles. The molecule has 6 heteroatoms. The Kier molecular flexibility index (Phi) is 2.75. The van der Waals surface area contributed by atoms with Gasteiger partial charge in [-0.2, -0.15) is 5.26 Å². The van der Waals surface area contributed by atoms with E-state index in [1.165, 1.54) is 17.0 Å². The van der Waals surface area contributed by atoms with Gasteiger partial charge in [0, 0.05) is 5.69 Å². The van der Waals surface area contributed by atoms with E-state index < -0.39 is 17.6 Å². The Morgan fingerprint density at radius 2 is 1.88 bits per heavy atom. The van der Waals surface area contributed by atoms with Gasteiger partial charge in [0.2, 0.25) is 11.8 Å². The van der Waals surface area contributed by atoms with E-state index in [2.05, 4.69) is 5.32 Å². The highest BCUT2D eigenvalue weighted by molar-refractivity contribution is 6.02. The van der Waals surface area contributed by atoms with Crippen LogP contribution < -0.4 is 10.2 Å². The first-order valence-corrected chi connectivity index (χ1v) is 4.87. The molecule has 0 saturated carbocycles. The second-order valence-electron chi connectivity index (χ2n) is 3.64. The van der Waals surface area contributed by atoms with E-state index in [-0.39, 0.29) is 18.7 Å². The third-order valence-corrected chi connectivity index (χ3v) is 2.32. The first-order chi connectivity index (χ1) is 8.08. The maximum Gasteiger partial charge on any atom is 0.246 e. The van der Waals surface area contributed by atoms with Gasteiger partial charge in [-0.1, -0.05) is 0 Å². The van der Waals surface area contributed by atoms with Crippen molar-refractivity contribution >= 4 is 17.5 Å². The number of nitrogens with one attached hydrogen (secondary N) is 1. The van der Waals surface area contributed by atoms with Crippen LogP contribution in [0.4, 0.5) is 10.1 Å². The average molecular weight is 233 g/mol. The van der Waals surface area contributed by atoms with Crippen molar-refractivity contribution in [1.82, 2.24) is 5.32 Å². The highest BCUT2D eigenvalue weighted by Crippen LogP contribution is 2.19. The first kappa shape index (κ1) is 11.1. The standard InChI is InChI=1S/C11H8FN3O2/c12-8-1-7(4-13)2-9(3-8)15-5-10(16)14-11(17)6-15/h1-3H,5-6H2,(H,14,16,17). The molecular weight excluding hydrogens is 225 g/mol. The van der Waals surface area contributed by atoms with Crippen LogP contribution in [-0.4, -0.2) is 24.9 Å². The molecule has 1 aromatic rings.